The van der Waals surface area contributed by atoms with Gasteiger partial charge < -0.3 is 0 Å². The lowest BCUT2D eigenvalue weighted by Gasteiger charge is -2.23. The van der Waals surface area contributed by atoms with Crippen LogP contribution in [0.4, 0.5) is 11.4 Å². The number of allylic oxidation sites excluding steroid dienone is 1. The van der Waals surface area contributed by atoms with Gasteiger partial charge in [-0.1, -0.05) is 88.0 Å². The monoisotopic (exact) mass is 487 g/mol. The fourth-order valence-electron chi connectivity index (χ4n) is 4.70. The second-order valence-corrected chi connectivity index (χ2v) is 10.8. The van der Waals surface area contributed by atoms with Gasteiger partial charge in [-0.3, -0.25) is 15.0 Å². The number of aromatic nitrogens is 1. The van der Waals surface area contributed by atoms with Crippen molar-refractivity contribution in [1.82, 2.24) is 4.98 Å². The molecule has 0 amide bonds. The van der Waals surface area contributed by atoms with Gasteiger partial charge in [-0.25, -0.2) is 0 Å². The van der Waals surface area contributed by atoms with Gasteiger partial charge in [0.05, 0.1) is 16.9 Å². The first-order valence-corrected chi connectivity index (χ1v) is 12.9. The van der Waals surface area contributed by atoms with E-state index in [9.17, 15) is 0 Å². The maximum Gasteiger partial charge on any atom is 0.0705 e. The topological polar surface area (TPSA) is 37.6 Å². The molecule has 3 nitrogen and oxygen atoms in total. The van der Waals surface area contributed by atoms with E-state index in [1.54, 1.807) is 0 Å². The average molecular weight is 488 g/mol. The van der Waals surface area contributed by atoms with Crippen molar-refractivity contribution in [3.8, 4) is 0 Å². The van der Waals surface area contributed by atoms with Gasteiger partial charge in [0.25, 0.3) is 0 Å². The number of pyridine rings is 1. The normalized spacial score (nSPS) is 13.6. The molecule has 1 unspecified atom stereocenters. The van der Waals surface area contributed by atoms with Crippen LogP contribution in [-0.4, -0.2) is 16.4 Å². The quantitative estimate of drug-likeness (QED) is 0.239. The maximum absolute atomic E-state index is 5.19. The number of fused-ring (bicyclic) bond motifs is 1. The van der Waals surface area contributed by atoms with Crippen molar-refractivity contribution in [2.45, 2.75) is 53.4 Å². The minimum Gasteiger partial charge on any atom is -0.257 e. The molecule has 0 N–H and O–H groups in total. The Bertz CT molecular complexity index is 1480. The van der Waals surface area contributed by atoms with Gasteiger partial charge in [0.2, 0.25) is 0 Å². The molecule has 0 radical (unpaired) electrons. The van der Waals surface area contributed by atoms with Crippen LogP contribution in [-0.2, 0) is 11.8 Å². The molecule has 4 aromatic rings. The Labute approximate surface area is 221 Å². The molecule has 0 aliphatic heterocycles. The van der Waals surface area contributed by atoms with E-state index in [1.807, 2.05) is 31.2 Å². The van der Waals surface area contributed by atoms with Crippen molar-refractivity contribution in [2.75, 3.05) is 0 Å². The van der Waals surface area contributed by atoms with Gasteiger partial charge in [-0.05, 0) is 61.6 Å². The molecule has 0 bridgehead atoms. The maximum atomic E-state index is 5.19. The zero-order valence-electron chi connectivity index (χ0n) is 22.9. The Morgan fingerprint density at radius 1 is 0.757 bits per heavy atom. The summed E-state index contributed by atoms with van der Waals surface area (Å²) >= 11 is 0. The smallest absolute Gasteiger partial charge is 0.0705 e. The third-order valence-electron chi connectivity index (χ3n) is 6.75. The van der Waals surface area contributed by atoms with E-state index >= 15 is 0 Å². The molecule has 1 atom stereocenters. The Morgan fingerprint density at radius 3 is 2.05 bits per heavy atom. The van der Waals surface area contributed by atoms with Crippen LogP contribution < -0.4 is 0 Å². The van der Waals surface area contributed by atoms with Crippen LogP contribution in [0.15, 0.2) is 101 Å². The molecular weight excluding hydrogens is 450 g/mol. The van der Waals surface area contributed by atoms with E-state index < -0.39 is 0 Å². The summed E-state index contributed by atoms with van der Waals surface area (Å²) in [7, 11) is 0. The molecule has 3 heteroatoms. The van der Waals surface area contributed by atoms with Crippen LogP contribution in [0.1, 0.15) is 58.4 Å². The molecule has 1 heterocycles. The molecule has 0 fully saturated rings. The van der Waals surface area contributed by atoms with Crippen molar-refractivity contribution in [3.05, 3.63) is 108 Å². The molecule has 0 saturated heterocycles. The highest BCUT2D eigenvalue weighted by Crippen LogP contribution is 2.32. The van der Waals surface area contributed by atoms with Crippen molar-refractivity contribution in [1.29, 1.82) is 0 Å². The summed E-state index contributed by atoms with van der Waals surface area (Å²) in [4.78, 5) is 15.3. The highest BCUT2D eigenvalue weighted by molar-refractivity contribution is 6.07. The van der Waals surface area contributed by atoms with E-state index in [4.69, 9.17) is 15.0 Å². The van der Waals surface area contributed by atoms with E-state index in [-0.39, 0.29) is 11.3 Å². The Hall–Kier alpha value is -3.85. The summed E-state index contributed by atoms with van der Waals surface area (Å²) in [6.45, 7) is 17.1. The highest BCUT2D eigenvalue weighted by atomic mass is 14.8. The SMILES string of the molecule is C=C(C)c1ccccc1/N=C(\C)C(Cc1ccc2ccccc2n1)/C(C)=N/c1ccccc1C(C)(C)C. The van der Waals surface area contributed by atoms with Crippen molar-refractivity contribution in [2.24, 2.45) is 15.9 Å². The number of benzene rings is 3. The lowest BCUT2D eigenvalue weighted by atomic mass is 9.85. The number of hydrogen-bond donors (Lipinski definition) is 0. The molecule has 1 aromatic heterocycles. The fraction of sp³-hybridized carbons (Fsp3) is 0.265. The lowest BCUT2D eigenvalue weighted by molar-refractivity contribution is 0.591. The average Bonchev–Trinajstić information content (AvgIpc) is 2.87. The van der Waals surface area contributed by atoms with E-state index in [2.05, 4.69) is 102 Å². The second-order valence-electron chi connectivity index (χ2n) is 10.8. The Kier molecular flexibility index (Phi) is 7.83. The van der Waals surface area contributed by atoms with Crippen LogP contribution in [0.3, 0.4) is 0 Å². The van der Waals surface area contributed by atoms with Crippen LogP contribution >= 0.6 is 0 Å². The molecule has 0 aliphatic carbocycles. The predicted octanol–water partition coefficient (Wildman–Crippen LogP) is 9.31. The molecule has 37 heavy (non-hydrogen) atoms. The summed E-state index contributed by atoms with van der Waals surface area (Å²) in [5, 5.41) is 1.15. The summed E-state index contributed by atoms with van der Waals surface area (Å²) in [6, 6.07) is 29.2. The first kappa shape index (κ1) is 26.2. The molecule has 0 spiro atoms. The van der Waals surface area contributed by atoms with Gasteiger partial charge in [0.15, 0.2) is 0 Å². The summed E-state index contributed by atoms with van der Waals surface area (Å²) in [5.41, 5.74) is 9.34. The van der Waals surface area contributed by atoms with Gasteiger partial charge >= 0.3 is 0 Å². The first-order valence-electron chi connectivity index (χ1n) is 12.9. The van der Waals surface area contributed by atoms with Crippen LogP contribution in [0, 0.1) is 5.92 Å². The van der Waals surface area contributed by atoms with Crippen LogP contribution in [0.5, 0.6) is 0 Å². The summed E-state index contributed by atoms with van der Waals surface area (Å²) in [5.74, 6) is -0.000126. The molecular formula is C34H37N3. The third kappa shape index (κ3) is 6.29. The van der Waals surface area contributed by atoms with Crippen LogP contribution in [0.2, 0.25) is 0 Å². The number of aliphatic imine (C=N–C) groups is 2. The molecule has 188 valence electrons. The Balaban J connectivity index is 1.80. The number of rotatable bonds is 7. The van der Waals surface area contributed by atoms with Gasteiger partial charge in [0, 0.05) is 40.4 Å². The highest BCUT2D eigenvalue weighted by Gasteiger charge is 2.21. The second kappa shape index (κ2) is 11.0. The third-order valence-corrected chi connectivity index (χ3v) is 6.75. The van der Waals surface area contributed by atoms with E-state index in [0.717, 1.165) is 57.0 Å². The van der Waals surface area contributed by atoms with E-state index in [0.29, 0.717) is 0 Å². The van der Waals surface area contributed by atoms with Crippen molar-refractivity contribution >= 4 is 39.3 Å². The molecule has 0 aliphatic rings. The Morgan fingerprint density at radius 2 is 1.35 bits per heavy atom. The zero-order chi connectivity index (χ0) is 26.6. The molecule has 3 aromatic carbocycles. The van der Waals surface area contributed by atoms with Gasteiger partial charge in [-0.2, -0.15) is 0 Å². The van der Waals surface area contributed by atoms with Gasteiger partial charge in [-0.15, -0.1) is 0 Å². The minimum absolute atomic E-state index is 0.000126. The first-order chi connectivity index (χ1) is 17.6. The zero-order valence-corrected chi connectivity index (χ0v) is 22.9. The number of para-hydroxylation sites is 3. The number of hydrogen-bond acceptors (Lipinski definition) is 3. The van der Waals surface area contributed by atoms with Crippen LogP contribution in [0.25, 0.3) is 16.5 Å². The molecule has 0 saturated carbocycles. The standard InChI is InChI=1S/C34H37N3/c1-23(2)28-15-9-12-18-32(28)35-24(3)29(22-27-21-20-26-14-8-11-17-31(26)37-27)25(4)36-33-19-13-10-16-30(33)34(5,6)7/h8-21,29H,1,22H2,2-7H3/b35-24+,36-25+. The summed E-state index contributed by atoms with van der Waals surface area (Å²) in [6.07, 6.45) is 0.725. The van der Waals surface area contributed by atoms with Crippen molar-refractivity contribution < 1.29 is 0 Å². The van der Waals surface area contributed by atoms with Crippen molar-refractivity contribution in [3.63, 3.8) is 0 Å². The predicted molar refractivity (Wildman–Crippen MR) is 161 cm³/mol. The number of nitrogens with zero attached hydrogens (tertiary/aromatic N) is 3. The largest absolute Gasteiger partial charge is 0.257 e. The summed E-state index contributed by atoms with van der Waals surface area (Å²) < 4.78 is 0. The minimum atomic E-state index is -0.000662. The van der Waals surface area contributed by atoms with E-state index in [1.165, 1.54) is 5.56 Å². The fourth-order valence-corrected chi connectivity index (χ4v) is 4.70. The molecule has 4 rings (SSSR count). The van der Waals surface area contributed by atoms with Gasteiger partial charge in [0.1, 0.15) is 0 Å². The lowest BCUT2D eigenvalue weighted by Crippen LogP contribution is -2.23.